The maximum Gasteiger partial charge on any atom is 0.224 e. The van der Waals surface area contributed by atoms with Gasteiger partial charge in [-0.2, -0.15) is 4.52 Å². The van der Waals surface area contributed by atoms with Crippen LogP contribution in [-0.4, -0.2) is 56.2 Å². The first-order valence-electron chi connectivity index (χ1n) is 10.8. The molecule has 1 saturated heterocycles. The lowest BCUT2D eigenvalue weighted by molar-refractivity contribution is -0.127. The smallest absolute Gasteiger partial charge is 0.224 e. The molecule has 1 aromatic carbocycles. The summed E-state index contributed by atoms with van der Waals surface area (Å²) < 4.78 is 14.9. The molecule has 0 aliphatic carbocycles. The van der Waals surface area contributed by atoms with E-state index in [1.807, 2.05) is 17.0 Å². The Kier molecular flexibility index (Phi) is 6.58. The van der Waals surface area contributed by atoms with Crippen molar-refractivity contribution in [2.45, 2.75) is 39.0 Å². The molecular weight excluding hydrogens is 413 g/mol. The highest BCUT2D eigenvalue weighted by atomic mass is 19.1. The Hall–Kier alpha value is -3.56. The summed E-state index contributed by atoms with van der Waals surface area (Å²) in [5, 5.41) is 18.9. The monoisotopic (exact) mass is 439 g/mol. The van der Waals surface area contributed by atoms with Gasteiger partial charge in [0.2, 0.25) is 11.8 Å². The van der Waals surface area contributed by atoms with Gasteiger partial charge in [0.15, 0.2) is 11.5 Å². The summed E-state index contributed by atoms with van der Waals surface area (Å²) in [6.45, 7) is 4.03. The number of nitrogens with one attached hydrogen (secondary N) is 2. The van der Waals surface area contributed by atoms with Gasteiger partial charge >= 0.3 is 0 Å². The number of hydrogen-bond donors (Lipinski definition) is 2. The molecule has 32 heavy (non-hydrogen) atoms. The maximum atomic E-state index is 13.2. The van der Waals surface area contributed by atoms with E-state index in [-0.39, 0.29) is 24.1 Å². The summed E-state index contributed by atoms with van der Waals surface area (Å²) in [5.74, 6) is 0.963. The molecule has 4 rings (SSSR count). The molecule has 1 fully saturated rings. The standard InChI is InChI=1S/C22H26FN7O2/c1-15-14-16(23)5-6-17(15)25-21(31)10-9-20-27-26-19-8-7-18(28-30(19)20)24-11-3-13-29-12-2-4-22(29)32/h5-8,14H,2-4,9-13H2,1H3,(H,24,28)(H,25,31). The van der Waals surface area contributed by atoms with Crippen molar-refractivity contribution in [3.63, 3.8) is 0 Å². The highest BCUT2D eigenvalue weighted by Gasteiger charge is 2.19. The molecule has 0 saturated carbocycles. The van der Waals surface area contributed by atoms with E-state index in [9.17, 15) is 14.0 Å². The van der Waals surface area contributed by atoms with Crippen molar-refractivity contribution >= 4 is 29.0 Å². The lowest BCUT2D eigenvalue weighted by Gasteiger charge is -2.15. The van der Waals surface area contributed by atoms with Crippen LogP contribution in [0.4, 0.5) is 15.9 Å². The fourth-order valence-electron chi connectivity index (χ4n) is 3.72. The number of rotatable bonds is 9. The van der Waals surface area contributed by atoms with Crippen LogP contribution in [0.1, 0.15) is 37.1 Å². The number of likely N-dealkylation sites (tertiary alicyclic amines) is 1. The molecule has 9 nitrogen and oxygen atoms in total. The van der Waals surface area contributed by atoms with Gasteiger partial charge in [-0.15, -0.1) is 15.3 Å². The van der Waals surface area contributed by atoms with E-state index >= 15 is 0 Å². The first kappa shape index (κ1) is 21.7. The molecule has 0 atom stereocenters. The summed E-state index contributed by atoms with van der Waals surface area (Å²) in [6.07, 6.45) is 3.00. The predicted molar refractivity (Wildman–Crippen MR) is 118 cm³/mol. The third-order valence-corrected chi connectivity index (χ3v) is 5.45. The van der Waals surface area contributed by atoms with E-state index in [2.05, 4.69) is 25.9 Å². The number of aryl methyl sites for hydroxylation is 2. The molecule has 2 aromatic heterocycles. The number of carbonyl (C=O) groups excluding carboxylic acids is 2. The molecule has 168 valence electrons. The third-order valence-electron chi connectivity index (χ3n) is 5.45. The highest BCUT2D eigenvalue weighted by molar-refractivity contribution is 5.91. The second-order valence-electron chi connectivity index (χ2n) is 7.88. The van der Waals surface area contributed by atoms with Crippen molar-refractivity contribution in [1.29, 1.82) is 0 Å². The number of halogens is 1. The zero-order valence-corrected chi connectivity index (χ0v) is 18.0. The van der Waals surface area contributed by atoms with E-state index in [1.165, 1.54) is 12.1 Å². The van der Waals surface area contributed by atoms with Gasteiger partial charge in [0, 0.05) is 44.6 Å². The number of amides is 2. The molecule has 2 N–H and O–H groups in total. The summed E-state index contributed by atoms with van der Waals surface area (Å²) in [7, 11) is 0. The van der Waals surface area contributed by atoms with Crippen LogP contribution in [0.2, 0.25) is 0 Å². The number of aromatic nitrogens is 4. The summed E-state index contributed by atoms with van der Waals surface area (Å²) in [6, 6.07) is 7.89. The number of nitrogens with zero attached hydrogens (tertiary/aromatic N) is 5. The summed E-state index contributed by atoms with van der Waals surface area (Å²) >= 11 is 0. The molecule has 0 bridgehead atoms. The second-order valence-corrected chi connectivity index (χ2v) is 7.88. The molecule has 1 aliphatic rings. The van der Waals surface area contributed by atoms with E-state index in [0.29, 0.717) is 47.9 Å². The molecule has 1 aliphatic heterocycles. The zero-order chi connectivity index (χ0) is 22.5. The van der Waals surface area contributed by atoms with Gasteiger partial charge in [-0.05, 0) is 55.7 Å². The molecule has 10 heteroatoms. The van der Waals surface area contributed by atoms with Crippen molar-refractivity contribution in [1.82, 2.24) is 24.7 Å². The number of anilines is 2. The summed E-state index contributed by atoms with van der Waals surface area (Å²) in [5.41, 5.74) is 1.85. The Labute approximate surface area is 185 Å². The molecule has 0 spiro atoms. The predicted octanol–water partition coefficient (Wildman–Crippen LogP) is 2.57. The van der Waals surface area contributed by atoms with Crippen molar-refractivity contribution in [2.24, 2.45) is 0 Å². The quantitative estimate of drug-likeness (QED) is 0.497. The van der Waals surface area contributed by atoms with Crippen LogP contribution < -0.4 is 10.6 Å². The van der Waals surface area contributed by atoms with Crippen LogP contribution in [-0.2, 0) is 16.0 Å². The number of fused-ring (bicyclic) bond motifs is 1. The Morgan fingerprint density at radius 1 is 1.22 bits per heavy atom. The normalized spacial score (nSPS) is 13.7. The lowest BCUT2D eigenvalue weighted by atomic mass is 10.2. The van der Waals surface area contributed by atoms with Crippen molar-refractivity contribution < 1.29 is 14.0 Å². The van der Waals surface area contributed by atoms with E-state index < -0.39 is 0 Å². The Morgan fingerprint density at radius 2 is 2.09 bits per heavy atom. The molecule has 0 unspecified atom stereocenters. The molecule has 0 radical (unpaired) electrons. The zero-order valence-electron chi connectivity index (χ0n) is 18.0. The Bertz CT molecular complexity index is 1130. The second kappa shape index (κ2) is 9.71. The first-order chi connectivity index (χ1) is 15.5. The molecular formula is C22H26FN7O2. The minimum atomic E-state index is -0.338. The van der Waals surface area contributed by atoms with Crippen LogP contribution in [0.15, 0.2) is 30.3 Å². The van der Waals surface area contributed by atoms with Gasteiger partial charge in [0.1, 0.15) is 11.6 Å². The molecule has 2 amide bonds. The first-order valence-corrected chi connectivity index (χ1v) is 10.8. The van der Waals surface area contributed by atoms with Gasteiger partial charge in [0.25, 0.3) is 0 Å². The highest BCUT2D eigenvalue weighted by Crippen LogP contribution is 2.16. The van der Waals surface area contributed by atoms with Crippen molar-refractivity contribution in [2.75, 3.05) is 30.3 Å². The van der Waals surface area contributed by atoms with Gasteiger partial charge in [-0.25, -0.2) is 4.39 Å². The Morgan fingerprint density at radius 3 is 2.88 bits per heavy atom. The lowest BCUT2D eigenvalue weighted by Crippen LogP contribution is -2.27. The third kappa shape index (κ3) is 5.19. The minimum absolute atomic E-state index is 0.192. The topological polar surface area (TPSA) is 105 Å². The average molecular weight is 439 g/mol. The van der Waals surface area contributed by atoms with Crippen LogP contribution in [0.25, 0.3) is 5.65 Å². The number of benzene rings is 1. The number of hydrogen-bond acceptors (Lipinski definition) is 6. The summed E-state index contributed by atoms with van der Waals surface area (Å²) in [4.78, 5) is 25.9. The average Bonchev–Trinajstić information content (AvgIpc) is 3.37. The van der Waals surface area contributed by atoms with Crippen LogP contribution in [0.3, 0.4) is 0 Å². The van der Waals surface area contributed by atoms with Crippen molar-refractivity contribution in [3.8, 4) is 0 Å². The fraction of sp³-hybridized carbons (Fsp3) is 0.409. The SMILES string of the molecule is Cc1cc(F)ccc1NC(=O)CCc1nnc2ccc(NCCCN3CCCC3=O)nn12. The van der Waals surface area contributed by atoms with Crippen molar-refractivity contribution in [3.05, 3.63) is 47.5 Å². The van der Waals surface area contributed by atoms with E-state index in [1.54, 1.807) is 17.5 Å². The van der Waals surface area contributed by atoms with Gasteiger partial charge in [-0.1, -0.05) is 0 Å². The minimum Gasteiger partial charge on any atom is -0.369 e. The van der Waals surface area contributed by atoms with Crippen LogP contribution in [0.5, 0.6) is 0 Å². The van der Waals surface area contributed by atoms with Crippen LogP contribution in [0, 0.1) is 12.7 Å². The fourth-order valence-corrected chi connectivity index (χ4v) is 3.72. The van der Waals surface area contributed by atoms with Gasteiger partial charge < -0.3 is 15.5 Å². The number of carbonyl (C=O) groups is 2. The molecule has 3 heterocycles. The maximum absolute atomic E-state index is 13.2. The van der Waals surface area contributed by atoms with E-state index in [4.69, 9.17) is 0 Å². The van der Waals surface area contributed by atoms with E-state index in [0.717, 1.165) is 25.9 Å². The van der Waals surface area contributed by atoms with Gasteiger partial charge in [-0.3, -0.25) is 9.59 Å². The Balaban J connectivity index is 1.31. The van der Waals surface area contributed by atoms with Gasteiger partial charge in [0.05, 0.1) is 0 Å². The molecule has 3 aromatic rings. The largest absolute Gasteiger partial charge is 0.369 e. The van der Waals surface area contributed by atoms with Crippen LogP contribution >= 0.6 is 0 Å².